The number of fused-ring (bicyclic) bond motifs is 1. The number of quaternary nitrogens is 2. The quantitative estimate of drug-likeness (QED) is 0.589. The summed E-state index contributed by atoms with van der Waals surface area (Å²) >= 11 is 0. The number of ketones is 1. The Morgan fingerprint density at radius 3 is 2.55 bits per heavy atom. The van der Waals surface area contributed by atoms with Crippen molar-refractivity contribution in [1.29, 1.82) is 0 Å². The molecule has 0 amide bonds. The van der Waals surface area contributed by atoms with E-state index in [1.54, 1.807) is 12.0 Å². The Balaban J connectivity index is 1.31. The van der Waals surface area contributed by atoms with Crippen LogP contribution >= 0.6 is 0 Å². The van der Waals surface area contributed by atoms with E-state index in [4.69, 9.17) is 14.2 Å². The van der Waals surface area contributed by atoms with E-state index in [-0.39, 0.29) is 11.8 Å². The summed E-state index contributed by atoms with van der Waals surface area (Å²) < 4.78 is 18.4. The predicted octanol–water partition coefficient (Wildman–Crippen LogP) is 0.207. The third-order valence-electron chi connectivity index (χ3n) is 6.60. The Kier molecular flexibility index (Phi) is 6.65. The highest BCUT2D eigenvalue weighted by molar-refractivity contribution is 5.98. The first-order chi connectivity index (χ1) is 15.0. The molecule has 1 atom stereocenters. The van der Waals surface area contributed by atoms with Crippen molar-refractivity contribution >= 4 is 5.78 Å². The van der Waals surface area contributed by atoms with Crippen molar-refractivity contribution in [3.05, 3.63) is 46.8 Å². The summed E-state index contributed by atoms with van der Waals surface area (Å²) in [5.74, 6) is 1.94. The average Bonchev–Trinajstić information content (AvgIpc) is 3.33. The molecule has 0 spiro atoms. The van der Waals surface area contributed by atoms with E-state index in [1.165, 1.54) is 10.5 Å². The number of hydrogen-bond donors (Lipinski definition) is 2. The lowest BCUT2D eigenvalue weighted by Crippen LogP contribution is -3.27. The maximum atomic E-state index is 13.1. The predicted molar refractivity (Wildman–Crippen MR) is 117 cm³/mol. The zero-order valence-electron chi connectivity index (χ0n) is 19.1. The van der Waals surface area contributed by atoms with Gasteiger partial charge < -0.3 is 28.6 Å². The molecule has 4 rings (SSSR count). The van der Waals surface area contributed by atoms with Crippen LogP contribution in [-0.4, -0.2) is 63.6 Å². The average molecular weight is 430 g/mol. The Labute approximate surface area is 184 Å². The van der Waals surface area contributed by atoms with Crippen LogP contribution in [0, 0.1) is 13.8 Å². The van der Waals surface area contributed by atoms with E-state index in [0.717, 1.165) is 61.2 Å². The maximum absolute atomic E-state index is 13.1. The Bertz CT molecular complexity index is 931. The fraction of sp³-hybridized carbons (Fsp3) is 0.542. The smallest absolute Gasteiger partial charge is 0.231 e. The van der Waals surface area contributed by atoms with Gasteiger partial charge in [-0.3, -0.25) is 4.79 Å². The number of benzene rings is 1. The number of Topliss-reactive ketones (excluding diaryl/α,β-unsaturated/α-hetero) is 1. The number of carbonyl (C=O) groups is 1. The Hall–Kier alpha value is -2.35. The molecular weight excluding hydrogens is 394 g/mol. The molecular formula is C24H35N3O4+2. The van der Waals surface area contributed by atoms with E-state index in [0.29, 0.717) is 19.9 Å². The van der Waals surface area contributed by atoms with Gasteiger partial charge in [-0.15, -0.1) is 0 Å². The van der Waals surface area contributed by atoms with Crippen LogP contribution in [0.25, 0.3) is 0 Å². The third kappa shape index (κ3) is 4.79. The van der Waals surface area contributed by atoms with Crippen molar-refractivity contribution in [2.75, 3.05) is 53.2 Å². The van der Waals surface area contributed by atoms with Gasteiger partial charge in [-0.05, 0) is 45.0 Å². The molecule has 1 aromatic carbocycles. The summed E-state index contributed by atoms with van der Waals surface area (Å²) in [5.41, 5.74) is 4.32. The van der Waals surface area contributed by atoms with Crippen LogP contribution in [0.15, 0.2) is 24.3 Å². The van der Waals surface area contributed by atoms with Gasteiger partial charge in [0.2, 0.25) is 12.6 Å². The zero-order valence-corrected chi connectivity index (χ0v) is 19.1. The molecule has 2 aromatic rings. The number of carbonyl (C=O) groups excluding carboxylic acids is 1. The van der Waals surface area contributed by atoms with E-state index < -0.39 is 0 Å². The molecule has 31 heavy (non-hydrogen) atoms. The first-order valence-electron chi connectivity index (χ1n) is 11.2. The summed E-state index contributed by atoms with van der Waals surface area (Å²) in [6, 6.07) is 8.50. The molecule has 7 nitrogen and oxygen atoms in total. The van der Waals surface area contributed by atoms with Gasteiger partial charge in [0, 0.05) is 29.6 Å². The number of nitrogens with one attached hydrogen (secondary N) is 2. The molecule has 2 N–H and O–H groups in total. The third-order valence-corrected chi connectivity index (χ3v) is 6.60. The Morgan fingerprint density at radius 2 is 1.81 bits per heavy atom. The van der Waals surface area contributed by atoms with Crippen LogP contribution in [0.5, 0.6) is 11.5 Å². The van der Waals surface area contributed by atoms with Crippen molar-refractivity contribution in [1.82, 2.24) is 4.57 Å². The molecule has 0 aliphatic carbocycles. The van der Waals surface area contributed by atoms with Crippen molar-refractivity contribution in [3.8, 4) is 11.5 Å². The minimum atomic E-state index is 0.224. The van der Waals surface area contributed by atoms with E-state index in [2.05, 4.69) is 37.5 Å². The zero-order chi connectivity index (χ0) is 22.0. The summed E-state index contributed by atoms with van der Waals surface area (Å²) in [7, 11) is 1.72. The highest BCUT2D eigenvalue weighted by atomic mass is 16.7. The molecule has 168 valence electrons. The number of nitrogens with zero attached hydrogens (tertiary/aromatic N) is 1. The van der Waals surface area contributed by atoms with Crippen LogP contribution in [0.2, 0.25) is 0 Å². The molecule has 1 fully saturated rings. The number of piperazine rings is 1. The summed E-state index contributed by atoms with van der Waals surface area (Å²) in [6.45, 7) is 12.9. The molecule has 7 heteroatoms. The van der Waals surface area contributed by atoms with E-state index in [1.807, 2.05) is 12.1 Å². The van der Waals surface area contributed by atoms with Gasteiger partial charge in [0.25, 0.3) is 0 Å². The van der Waals surface area contributed by atoms with Gasteiger partial charge in [0.1, 0.15) is 39.3 Å². The van der Waals surface area contributed by atoms with E-state index >= 15 is 0 Å². The van der Waals surface area contributed by atoms with Crippen LogP contribution in [0.1, 0.15) is 40.3 Å². The van der Waals surface area contributed by atoms with E-state index in [9.17, 15) is 4.79 Å². The SMILES string of the molecule is COC[C@H](C)n1c(C)cc(C(=O)C[NH+]2CC[NH+](Cc3ccc4c(c3)OCO4)CC2)c1C. The highest BCUT2D eigenvalue weighted by Gasteiger charge is 2.27. The van der Waals surface area contributed by atoms with Gasteiger partial charge in [-0.2, -0.15) is 0 Å². The van der Waals surface area contributed by atoms with Gasteiger partial charge >= 0.3 is 0 Å². The first-order valence-corrected chi connectivity index (χ1v) is 11.2. The molecule has 3 heterocycles. The van der Waals surface area contributed by atoms with Crippen molar-refractivity contribution in [3.63, 3.8) is 0 Å². The summed E-state index contributed by atoms with van der Waals surface area (Å²) in [4.78, 5) is 16.0. The van der Waals surface area contributed by atoms with Crippen LogP contribution in [-0.2, 0) is 11.3 Å². The van der Waals surface area contributed by atoms with Gasteiger partial charge in [-0.25, -0.2) is 0 Å². The molecule has 0 radical (unpaired) electrons. The monoisotopic (exact) mass is 429 g/mol. The normalized spacial score (nSPS) is 21.3. The van der Waals surface area contributed by atoms with Crippen LogP contribution < -0.4 is 19.3 Å². The summed E-state index contributed by atoms with van der Waals surface area (Å²) in [5, 5.41) is 0. The Morgan fingerprint density at radius 1 is 1.10 bits per heavy atom. The van der Waals surface area contributed by atoms with Crippen LogP contribution in [0.4, 0.5) is 0 Å². The number of hydrogen-bond acceptors (Lipinski definition) is 4. The van der Waals surface area contributed by atoms with Crippen LogP contribution in [0.3, 0.4) is 0 Å². The summed E-state index contributed by atoms with van der Waals surface area (Å²) in [6.07, 6.45) is 0. The van der Waals surface area contributed by atoms with Crippen molar-refractivity contribution in [2.45, 2.75) is 33.4 Å². The number of aromatic nitrogens is 1. The molecule has 0 saturated carbocycles. The minimum Gasteiger partial charge on any atom is -0.454 e. The minimum absolute atomic E-state index is 0.224. The lowest BCUT2D eigenvalue weighted by molar-refractivity contribution is -1.01. The number of methoxy groups -OCH3 is 1. The second-order valence-corrected chi connectivity index (χ2v) is 8.92. The topological polar surface area (TPSA) is 58.6 Å². The van der Waals surface area contributed by atoms with Crippen molar-refractivity contribution in [2.24, 2.45) is 0 Å². The van der Waals surface area contributed by atoms with Gasteiger partial charge in [0.05, 0.1) is 12.6 Å². The molecule has 1 aromatic heterocycles. The van der Waals surface area contributed by atoms with Gasteiger partial charge in [-0.1, -0.05) is 0 Å². The second kappa shape index (κ2) is 9.42. The fourth-order valence-electron chi connectivity index (χ4n) is 5.03. The number of ether oxygens (including phenoxy) is 3. The number of rotatable bonds is 8. The first kappa shape index (κ1) is 21.9. The highest BCUT2D eigenvalue weighted by Crippen LogP contribution is 2.32. The fourth-order valence-corrected chi connectivity index (χ4v) is 5.03. The van der Waals surface area contributed by atoms with Crippen molar-refractivity contribution < 1.29 is 28.8 Å². The molecule has 0 bridgehead atoms. The maximum Gasteiger partial charge on any atom is 0.231 e. The lowest BCUT2D eigenvalue weighted by Gasteiger charge is -2.29. The standard InChI is InChI=1S/C24H33N3O4/c1-17-11-21(19(3)27(17)18(2)15-29-4)22(28)14-26-9-7-25(8-10-26)13-20-5-6-23-24(12-20)31-16-30-23/h5-6,11-12,18H,7-10,13-16H2,1-4H3/p+2/t18-/m0/s1. The van der Waals surface area contributed by atoms with Gasteiger partial charge in [0.15, 0.2) is 11.5 Å². The molecule has 0 unspecified atom stereocenters. The second-order valence-electron chi connectivity index (χ2n) is 8.92. The number of aryl methyl sites for hydroxylation is 1. The largest absolute Gasteiger partial charge is 0.454 e. The molecule has 2 aliphatic heterocycles. The molecule has 1 saturated heterocycles. The molecule has 2 aliphatic rings. The lowest BCUT2D eigenvalue weighted by atomic mass is 10.1.